The number of nitrogens with one attached hydrogen (secondary N) is 2. The summed E-state index contributed by atoms with van der Waals surface area (Å²) in [5.74, 6) is 1.40. The highest BCUT2D eigenvalue weighted by Gasteiger charge is 2.13. The second-order valence-corrected chi connectivity index (χ2v) is 10.5. The fraction of sp³-hybridized carbons (Fsp3) is 0.857. The van der Waals surface area contributed by atoms with Gasteiger partial charge in [-0.2, -0.15) is 11.8 Å². The molecule has 0 aromatic rings. The number of hydrogen-bond acceptors (Lipinski definition) is 4. The van der Waals surface area contributed by atoms with Gasteiger partial charge >= 0.3 is 0 Å². The fourth-order valence-corrected chi connectivity index (χ4v) is 3.27. The van der Waals surface area contributed by atoms with Crippen molar-refractivity contribution in [3.8, 4) is 0 Å². The monoisotopic (exact) mass is 400 g/mol. The van der Waals surface area contributed by atoms with Crippen molar-refractivity contribution in [2.75, 3.05) is 18.1 Å². The molecule has 27 heavy (non-hydrogen) atoms. The van der Waals surface area contributed by atoms with Gasteiger partial charge in [0, 0.05) is 31.3 Å². The lowest BCUT2D eigenvalue weighted by atomic mass is 9.89. The number of Topliss-reactive ketones (excluding diaryl/α,β-unsaturated/α-hetero) is 1. The molecule has 0 aliphatic rings. The second-order valence-electron chi connectivity index (χ2n) is 9.36. The molecule has 0 aliphatic heterocycles. The summed E-state index contributed by atoms with van der Waals surface area (Å²) in [6.45, 7) is 12.8. The number of carbonyl (C=O) groups is 3. The topological polar surface area (TPSA) is 75.3 Å². The maximum atomic E-state index is 11.8. The number of carbonyl (C=O) groups excluding carboxylic acids is 3. The Hall–Kier alpha value is -1.04. The summed E-state index contributed by atoms with van der Waals surface area (Å²) in [6, 6.07) is 0. The summed E-state index contributed by atoms with van der Waals surface area (Å²) in [4.78, 5) is 35.2. The zero-order chi connectivity index (χ0) is 20.9. The third kappa shape index (κ3) is 19.5. The van der Waals surface area contributed by atoms with Gasteiger partial charge in [0.05, 0.1) is 5.75 Å². The molecule has 158 valence electrons. The van der Waals surface area contributed by atoms with Crippen molar-refractivity contribution >= 4 is 29.4 Å². The van der Waals surface area contributed by atoms with E-state index in [4.69, 9.17) is 0 Å². The van der Waals surface area contributed by atoms with Gasteiger partial charge < -0.3 is 10.6 Å². The van der Waals surface area contributed by atoms with E-state index < -0.39 is 0 Å². The Morgan fingerprint density at radius 2 is 1.44 bits per heavy atom. The molecule has 0 saturated heterocycles. The first kappa shape index (κ1) is 26.0. The van der Waals surface area contributed by atoms with Crippen molar-refractivity contribution < 1.29 is 14.4 Å². The van der Waals surface area contributed by atoms with Gasteiger partial charge in [-0.15, -0.1) is 0 Å². The SMILES string of the molecule is CC(C)(C)CCCCC(=O)CCCSCC(=O)NCCC(=O)NC(C)(C)C. The number of amides is 2. The Balaban J connectivity index is 3.57. The smallest absolute Gasteiger partial charge is 0.230 e. The molecule has 0 spiro atoms. The quantitative estimate of drug-likeness (QED) is 0.457. The lowest BCUT2D eigenvalue weighted by molar-refractivity contribution is -0.123. The van der Waals surface area contributed by atoms with E-state index in [2.05, 4.69) is 31.4 Å². The third-order valence-electron chi connectivity index (χ3n) is 3.80. The van der Waals surface area contributed by atoms with Gasteiger partial charge in [0.25, 0.3) is 0 Å². The normalized spacial score (nSPS) is 11.9. The Bertz CT molecular complexity index is 465. The van der Waals surface area contributed by atoms with Crippen LogP contribution in [0.1, 0.15) is 86.5 Å². The van der Waals surface area contributed by atoms with Crippen LogP contribution in [0.15, 0.2) is 0 Å². The molecular weight excluding hydrogens is 360 g/mol. The van der Waals surface area contributed by atoms with Crippen LogP contribution in [-0.2, 0) is 14.4 Å². The standard InChI is InChI=1S/C21H40N2O3S/c1-20(2,3)13-8-7-10-17(24)11-9-15-27-16-19(26)22-14-12-18(25)23-21(4,5)6/h7-16H2,1-6H3,(H,22,26)(H,23,25). The minimum Gasteiger partial charge on any atom is -0.355 e. The molecule has 0 heterocycles. The van der Waals surface area contributed by atoms with Crippen LogP contribution in [0.4, 0.5) is 0 Å². The highest BCUT2D eigenvalue weighted by Crippen LogP contribution is 2.22. The highest BCUT2D eigenvalue weighted by molar-refractivity contribution is 7.99. The zero-order valence-corrected chi connectivity index (χ0v) is 19.0. The van der Waals surface area contributed by atoms with Gasteiger partial charge in [0.1, 0.15) is 5.78 Å². The Morgan fingerprint density at radius 1 is 0.815 bits per heavy atom. The van der Waals surface area contributed by atoms with E-state index in [-0.39, 0.29) is 23.8 Å². The number of unbranched alkanes of at least 4 members (excludes halogenated alkanes) is 1. The van der Waals surface area contributed by atoms with Crippen LogP contribution in [0.2, 0.25) is 0 Å². The molecule has 2 N–H and O–H groups in total. The summed E-state index contributed by atoms with van der Waals surface area (Å²) in [6.07, 6.45) is 5.64. The first-order chi connectivity index (χ1) is 12.4. The van der Waals surface area contributed by atoms with Crippen molar-refractivity contribution in [3.63, 3.8) is 0 Å². The van der Waals surface area contributed by atoms with Crippen LogP contribution < -0.4 is 10.6 Å². The highest BCUT2D eigenvalue weighted by atomic mass is 32.2. The van der Waals surface area contributed by atoms with Gasteiger partial charge in [-0.25, -0.2) is 0 Å². The summed E-state index contributed by atoms with van der Waals surface area (Å²) < 4.78 is 0. The van der Waals surface area contributed by atoms with E-state index >= 15 is 0 Å². The number of hydrogen-bond donors (Lipinski definition) is 2. The first-order valence-corrected chi connectivity index (χ1v) is 11.2. The molecule has 0 bridgehead atoms. The molecule has 0 fully saturated rings. The number of ketones is 1. The maximum absolute atomic E-state index is 11.8. The van der Waals surface area contributed by atoms with Crippen LogP contribution in [0.25, 0.3) is 0 Å². The minimum absolute atomic E-state index is 0.0583. The largest absolute Gasteiger partial charge is 0.355 e. The lowest BCUT2D eigenvalue weighted by Crippen LogP contribution is -2.42. The van der Waals surface area contributed by atoms with E-state index in [1.165, 1.54) is 11.8 Å². The second kappa shape index (κ2) is 13.2. The van der Waals surface area contributed by atoms with Gasteiger partial charge in [-0.1, -0.05) is 27.2 Å². The molecule has 2 amide bonds. The van der Waals surface area contributed by atoms with E-state index in [0.717, 1.165) is 31.4 Å². The molecule has 0 rings (SSSR count). The van der Waals surface area contributed by atoms with Crippen LogP contribution in [0.3, 0.4) is 0 Å². The van der Waals surface area contributed by atoms with E-state index in [9.17, 15) is 14.4 Å². The molecule has 0 aromatic carbocycles. The van der Waals surface area contributed by atoms with E-state index in [1.807, 2.05) is 20.8 Å². The van der Waals surface area contributed by atoms with Crippen LogP contribution in [0, 0.1) is 5.41 Å². The van der Waals surface area contributed by atoms with Crippen LogP contribution in [-0.4, -0.2) is 41.2 Å². The van der Waals surface area contributed by atoms with Gasteiger partial charge in [0.2, 0.25) is 11.8 Å². The molecule has 0 aliphatic carbocycles. The molecule has 0 saturated carbocycles. The summed E-state index contributed by atoms with van der Waals surface area (Å²) in [5, 5.41) is 5.62. The van der Waals surface area contributed by atoms with Crippen LogP contribution in [0.5, 0.6) is 0 Å². The van der Waals surface area contributed by atoms with Crippen LogP contribution >= 0.6 is 11.8 Å². The molecule has 0 atom stereocenters. The predicted molar refractivity (Wildman–Crippen MR) is 115 cm³/mol. The first-order valence-electron chi connectivity index (χ1n) is 10.1. The molecule has 5 nitrogen and oxygen atoms in total. The van der Waals surface area contributed by atoms with Crippen molar-refractivity contribution in [2.45, 2.75) is 92.0 Å². The minimum atomic E-state index is -0.249. The lowest BCUT2D eigenvalue weighted by Gasteiger charge is -2.20. The summed E-state index contributed by atoms with van der Waals surface area (Å²) in [5.41, 5.74) is 0.0949. The Labute approximate surface area is 170 Å². The fourth-order valence-electron chi connectivity index (χ4n) is 2.49. The Morgan fingerprint density at radius 3 is 2.04 bits per heavy atom. The van der Waals surface area contributed by atoms with Crippen molar-refractivity contribution in [2.24, 2.45) is 5.41 Å². The maximum Gasteiger partial charge on any atom is 0.230 e. The zero-order valence-electron chi connectivity index (χ0n) is 18.2. The van der Waals surface area contributed by atoms with Gasteiger partial charge in [-0.3, -0.25) is 14.4 Å². The molecule has 0 aromatic heterocycles. The number of rotatable bonds is 13. The average molecular weight is 401 g/mol. The van der Waals surface area contributed by atoms with Crippen molar-refractivity contribution in [3.05, 3.63) is 0 Å². The number of thioether (sulfide) groups is 1. The molecule has 0 unspecified atom stereocenters. The molecule has 6 heteroatoms. The molecular formula is C21H40N2O3S. The van der Waals surface area contributed by atoms with Crippen molar-refractivity contribution in [1.82, 2.24) is 10.6 Å². The third-order valence-corrected chi connectivity index (χ3v) is 4.84. The average Bonchev–Trinajstić information content (AvgIpc) is 2.48. The summed E-state index contributed by atoms with van der Waals surface area (Å²) in [7, 11) is 0. The van der Waals surface area contributed by atoms with Crippen molar-refractivity contribution in [1.29, 1.82) is 0 Å². The van der Waals surface area contributed by atoms with E-state index in [1.54, 1.807) is 0 Å². The molecule has 0 radical (unpaired) electrons. The van der Waals surface area contributed by atoms with Gasteiger partial charge in [0.15, 0.2) is 0 Å². The summed E-state index contributed by atoms with van der Waals surface area (Å²) >= 11 is 1.54. The van der Waals surface area contributed by atoms with Gasteiger partial charge in [-0.05, 0) is 51.2 Å². The predicted octanol–water partition coefficient (Wildman–Crippen LogP) is 4.10. The Kier molecular flexibility index (Phi) is 12.7. The van der Waals surface area contributed by atoms with E-state index in [0.29, 0.717) is 36.3 Å².